The van der Waals surface area contributed by atoms with Crippen LogP contribution in [0.2, 0.25) is 0 Å². The van der Waals surface area contributed by atoms with Crippen LogP contribution in [-0.2, 0) is 16.0 Å². The zero-order valence-corrected chi connectivity index (χ0v) is 19.8. The van der Waals surface area contributed by atoms with Crippen molar-refractivity contribution in [3.8, 4) is 11.1 Å². The Morgan fingerprint density at radius 2 is 1.69 bits per heavy atom. The molecular weight excluding hydrogens is 396 g/mol. The third kappa shape index (κ3) is 5.79. The van der Waals surface area contributed by atoms with Gasteiger partial charge in [-0.3, -0.25) is 4.79 Å². The highest BCUT2D eigenvalue weighted by Crippen LogP contribution is 2.36. The molecule has 2 heterocycles. The van der Waals surface area contributed by atoms with Gasteiger partial charge < -0.3 is 15.0 Å². The maximum Gasteiger partial charge on any atom is 0.226 e. The molecule has 0 spiro atoms. The fourth-order valence-electron chi connectivity index (χ4n) is 5.34. The van der Waals surface area contributed by atoms with Crippen LogP contribution in [0, 0.1) is 19.3 Å². The smallest absolute Gasteiger partial charge is 0.226 e. The molecule has 0 radical (unpaired) electrons. The van der Waals surface area contributed by atoms with Gasteiger partial charge in [0.1, 0.15) is 0 Å². The highest BCUT2D eigenvalue weighted by Gasteiger charge is 2.40. The van der Waals surface area contributed by atoms with Crippen molar-refractivity contribution < 1.29 is 9.53 Å². The molecule has 0 bridgehead atoms. The van der Waals surface area contributed by atoms with Crippen LogP contribution in [0.15, 0.2) is 42.5 Å². The average molecular weight is 435 g/mol. The molecule has 0 aliphatic carbocycles. The van der Waals surface area contributed by atoms with Crippen molar-refractivity contribution in [3.05, 3.63) is 59.2 Å². The predicted molar refractivity (Wildman–Crippen MR) is 131 cm³/mol. The number of ether oxygens (including phenoxy) is 1. The third-order valence-corrected chi connectivity index (χ3v) is 7.12. The summed E-state index contributed by atoms with van der Waals surface area (Å²) in [7, 11) is 0. The molecule has 172 valence electrons. The molecule has 2 aromatic carbocycles. The molecule has 4 nitrogen and oxygen atoms in total. The zero-order valence-electron chi connectivity index (χ0n) is 19.8. The molecule has 1 amide bonds. The van der Waals surface area contributed by atoms with Gasteiger partial charge in [-0.25, -0.2) is 0 Å². The van der Waals surface area contributed by atoms with Crippen molar-refractivity contribution in [3.63, 3.8) is 0 Å². The summed E-state index contributed by atoms with van der Waals surface area (Å²) in [5.74, 6) is 0.203. The summed E-state index contributed by atoms with van der Waals surface area (Å²) in [6, 6.07) is 15.4. The first-order valence-corrected chi connectivity index (χ1v) is 12.3. The van der Waals surface area contributed by atoms with Crippen molar-refractivity contribution in [2.75, 3.05) is 39.4 Å². The van der Waals surface area contributed by atoms with Crippen LogP contribution in [0.5, 0.6) is 0 Å². The van der Waals surface area contributed by atoms with E-state index in [-0.39, 0.29) is 11.3 Å². The van der Waals surface area contributed by atoms with E-state index in [0.717, 1.165) is 32.4 Å². The molecular formula is C28H38N2O2. The van der Waals surface area contributed by atoms with E-state index in [1.54, 1.807) is 0 Å². The van der Waals surface area contributed by atoms with Crippen molar-refractivity contribution >= 4 is 5.91 Å². The van der Waals surface area contributed by atoms with E-state index in [9.17, 15) is 4.79 Å². The molecule has 2 saturated heterocycles. The number of nitrogens with zero attached hydrogens (tertiary/aromatic N) is 1. The molecule has 1 N–H and O–H groups in total. The first-order valence-electron chi connectivity index (χ1n) is 12.3. The lowest BCUT2D eigenvalue weighted by Crippen LogP contribution is -2.48. The Hall–Kier alpha value is -2.17. The summed E-state index contributed by atoms with van der Waals surface area (Å²) in [6.07, 6.45) is 6.25. The van der Waals surface area contributed by atoms with Gasteiger partial charge in [-0.15, -0.1) is 0 Å². The van der Waals surface area contributed by atoms with Crippen molar-refractivity contribution in [2.45, 2.75) is 52.4 Å². The standard InChI is InChI=1S/C28H38N2O2/c1-22-17-23(2)19-26(18-22)25-8-6-7-24(20-25)21-28(9-15-32-16-10-28)27(31)29-11-14-30-12-4-3-5-13-30/h6-8,17-20H,3-5,9-16,21H2,1-2H3,(H,29,31). The minimum Gasteiger partial charge on any atom is -0.381 e. The molecule has 0 unspecified atom stereocenters. The molecule has 0 atom stereocenters. The molecule has 32 heavy (non-hydrogen) atoms. The van der Waals surface area contributed by atoms with Crippen LogP contribution in [0.4, 0.5) is 0 Å². The van der Waals surface area contributed by atoms with Gasteiger partial charge in [-0.05, 0) is 75.7 Å². The van der Waals surface area contributed by atoms with Gasteiger partial charge in [0.25, 0.3) is 0 Å². The minimum absolute atomic E-state index is 0.203. The van der Waals surface area contributed by atoms with E-state index in [0.29, 0.717) is 13.2 Å². The topological polar surface area (TPSA) is 41.6 Å². The maximum atomic E-state index is 13.4. The SMILES string of the molecule is Cc1cc(C)cc(-c2cccc(CC3(C(=O)NCCN4CCCCC4)CCOCC3)c2)c1. The summed E-state index contributed by atoms with van der Waals surface area (Å²) >= 11 is 0. The lowest BCUT2D eigenvalue weighted by molar-refractivity contribution is -0.136. The summed E-state index contributed by atoms with van der Waals surface area (Å²) in [5.41, 5.74) is 5.88. The number of rotatable bonds is 7. The Morgan fingerprint density at radius 3 is 2.41 bits per heavy atom. The van der Waals surface area contributed by atoms with Gasteiger partial charge in [-0.2, -0.15) is 0 Å². The second-order valence-electron chi connectivity index (χ2n) is 9.80. The molecule has 2 aromatic rings. The number of carbonyl (C=O) groups is 1. The fourth-order valence-corrected chi connectivity index (χ4v) is 5.34. The second kappa shape index (κ2) is 10.6. The molecule has 2 fully saturated rings. The van der Waals surface area contributed by atoms with Gasteiger partial charge in [0.05, 0.1) is 5.41 Å². The molecule has 4 rings (SSSR count). The Kier molecular flexibility index (Phi) is 7.64. The first-order chi connectivity index (χ1) is 15.5. The summed E-state index contributed by atoms with van der Waals surface area (Å²) in [5, 5.41) is 3.29. The summed E-state index contributed by atoms with van der Waals surface area (Å²) in [4.78, 5) is 15.9. The van der Waals surface area contributed by atoms with Gasteiger partial charge in [0.2, 0.25) is 5.91 Å². The second-order valence-corrected chi connectivity index (χ2v) is 9.80. The van der Waals surface area contributed by atoms with E-state index >= 15 is 0 Å². The zero-order chi connectivity index (χ0) is 22.4. The van der Waals surface area contributed by atoms with Gasteiger partial charge >= 0.3 is 0 Å². The van der Waals surface area contributed by atoms with E-state index in [4.69, 9.17) is 4.74 Å². The van der Waals surface area contributed by atoms with E-state index in [1.807, 2.05) is 0 Å². The van der Waals surface area contributed by atoms with Crippen molar-refractivity contribution in [1.29, 1.82) is 0 Å². The normalized spacial score (nSPS) is 18.9. The average Bonchev–Trinajstić information content (AvgIpc) is 2.80. The summed E-state index contributed by atoms with van der Waals surface area (Å²) in [6.45, 7) is 9.65. The van der Waals surface area contributed by atoms with E-state index in [2.05, 4.69) is 66.5 Å². The number of aryl methyl sites for hydroxylation is 2. The van der Waals surface area contributed by atoms with Gasteiger partial charge in [-0.1, -0.05) is 60.0 Å². The van der Waals surface area contributed by atoms with Crippen LogP contribution < -0.4 is 5.32 Å². The van der Waals surface area contributed by atoms with Crippen LogP contribution in [0.1, 0.15) is 48.8 Å². The minimum atomic E-state index is -0.374. The lowest BCUT2D eigenvalue weighted by atomic mass is 9.74. The Labute approximate surface area is 193 Å². The Morgan fingerprint density at radius 1 is 0.969 bits per heavy atom. The number of hydrogen-bond donors (Lipinski definition) is 1. The van der Waals surface area contributed by atoms with Crippen molar-refractivity contribution in [2.24, 2.45) is 5.41 Å². The first kappa shape index (κ1) is 23.0. The summed E-state index contributed by atoms with van der Waals surface area (Å²) < 4.78 is 5.64. The van der Waals surface area contributed by atoms with Crippen LogP contribution in [0.25, 0.3) is 11.1 Å². The molecule has 0 saturated carbocycles. The molecule has 4 heteroatoms. The predicted octanol–water partition coefficient (Wildman–Crippen LogP) is 4.91. The largest absolute Gasteiger partial charge is 0.381 e. The molecule has 2 aliphatic rings. The third-order valence-electron chi connectivity index (χ3n) is 7.12. The van der Waals surface area contributed by atoms with Crippen LogP contribution in [-0.4, -0.2) is 50.2 Å². The van der Waals surface area contributed by atoms with E-state index in [1.165, 1.54) is 60.2 Å². The molecule has 0 aromatic heterocycles. The number of benzene rings is 2. The molecule has 2 aliphatic heterocycles. The number of hydrogen-bond acceptors (Lipinski definition) is 3. The van der Waals surface area contributed by atoms with E-state index < -0.39 is 0 Å². The van der Waals surface area contributed by atoms with Crippen molar-refractivity contribution in [1.82, 2.24) is 10.2 Å². The lowest BCUT2D eigenvalue weighted by Gasteiger charge is -2.36. The monoisotopic (exact) mass is 434 g/mol. The Bertz CT molecular complexity index is 891. The van der Waals surface area contributed by atoms with Crippen LogP contribution in [0.3, 0.4) is 0 Å². The quantitative estimate of drug-likeness (QED) is 0.673. The number of likely N-dealkylation sites (tertiary alicyclic amines) is 1. The Balaban J connectivity index is 1.46. The maximum absolute atomic E-state index is 13.4. The fraction of sp³-hybridized carbons (Fsp3) is 0.536. The number of nitrogens with one attached hydrogen (secondary N) is 1. The van der Waals surface area contributed by atoms with Crippen LogP contribution >= 0.6 is 0 Å². The number of amides is 1. The highest BCUT2D eigenvalue weighted by molar-refractivity contribution is 5.83. The van der Waals surface area contributed by atoms with Gasteiger partial charge in [0, 0.05) is 26.3 Å². The number of piperidine rings is 1. The van der Waals surface area contributed by atoms with Gasteiger partial charge in [0.15, 0.2) is 0 Å². The highest BCUT2D eigenvalue weighted by atomic mass is 16.5. The number of carbonyl (C=O) groups excluding carboxylic acids is 1.